The molecule has 0 aliphatic carbocycles. The first-order valence-electron chi connectivity index (χ1n) is 9.38. The number of hydrogen-bond acceptors (Lipinski definition) is 6. The fraction of sp³-hybridized carbons (Fsp3) is 0.286. The minimum Gasteiger partial charge on any atom is -0.494 e. The van der Waals surface area contributed by atoms with Gasteiger partial charge in [0.1, 0.15) is 17.1 Å². The Bertz CT molecular complexity index is 1020. The molecule has 0 aliphatic heterocycles. The molecule has 0 fully saturated rings. The van der Waals surface area contributed by atoms with Crippen LogP contribution in [0.1, 0.15) is 25.7 Å². The Morgan fingerprint density at radius 3 is 2.34 bits per heavy atom. The lowest BCUT2D eigenvalue weighted by Crippen LogP contribution is -2.36. The van der Waals surface area contributed by atoms with Crippen LogP contribution < -0.4 is 26.2 Å². The lowest BCUT2D eigenvalue weighted by Gasteiger charge is -2.14. The minimum absolute atomic E-state index is 0.316. The Hall–Kier alpha value is -2.57. The van der Waals surface area contributed by atoms with Gasteiger partial charge in [0.15, 0.2) is 0 Å². The molecule has 2 N–H and O–H groups in total. The van der Waals surface area contributed by atoms with E-state index in [1.54, 1.807) is 42.7 Å². The summed E-state index contributed by atoms with van der Waals surface area (Å²) in [6, 6.07) is 8.68. The molecule has 0 amide bonds. The summed E-state index contributed by atoms with van der Waals surface area (Å²) in [4.78, 5) is 27.5. The maximum atomic E-state index is 11.8. The Balaban J connectivity index is 1.33. The molecule has 1 aromatic heterocycles. The van der Waals surface area contributed by atoms with Gasteiger partial charge in [-0.25, -0.2) is 0 Å². The van der Waals surface area contributed by atoms with Crippen molar-refractivity contribution in [2.45, 2.75) is 25.7 Å². The normalized spacial score (nSPS) is 10.8. The van der Waals surface area contributed by atoms with Crippen LogP contribution in [0.5, 0.6) is 5.75 Å². The summed E-state index contributed by atoms with van der Waals surface area (Å²) >= 11 is 11.8. The van der Waals surface area contributed by atoms with Gasteiger partial charge in [0, 0.05) is 30.7 Å². The second-order valence-electron chi connectivity index (χ2n) is 6.53. The molecule has 0 aliphatic rings. The predicted octanol–water partition coefficient (Wildman–Crippen LogP) is 4.78. The molecule has 0 unspecified atom stereocenters. The lowest BCUT2D eigenvalue weighted by molar-refractivity contribution is 0.305. The van der Waals surface area contributed by atoms with Crippen LogP contribution in [-0.2, 0) is 0 Å². The van der Waals surface area contributed by atoms with Crippen LogP contribution in [0.4, 0.5) is 17.1 Å². The Labute approximate surface area is 178 Å². The van der Waals surface area contributed by atoms with E-state index in [4.69, 9.17) is 27.9 Å². The van der Waals surface area contributed by atoms with E-state index in [1.807, 2.05) is 0 Å². The third-order valence-corrected chi connectivity index (χ3v) is 5.13. The molecular weight excluding hydrogens is 413 g/mol. The van der Waals surface area contributed by atoms with Crippen molar-refractivity contribution >= 4 is 40.3 Å². The van der Waals surface area contributed by atoms with Crippen LogP contribution in [0.25, 0.3) is 0 Å². The molecule has 6 nitrogen and oxygen atoms in total. The van der Waals surface area contributed by atoms with Crippen molar-refractivity contribution < 1.29 is 4.74 Å². The molecule has 29 heavy (non-hydrogen) atoms. The molecule has 2 aromatic carbocycles. The molecule has 1 heterocycles. The fourth-order valence-electron chi connectivity index (χ4n) is 2.81. The zero-order valence-electron chi connectivity index (χ0n) is 15.7. The average molecular weight is 434 g/mol. The van der Waals surface area contributed by atoms with Crippen molar-refractivity contribution in [1.29, 1.82) is 0 Å². The molecule has 3 rings (SSSR count). The Kier molecular flexibility index (Phi) is 7.49. The summed E-state index contributed by atoms with van der Waals surface area (Å²) in [6.45, 7) is 1.23. The first kappa shape index (κ1) is 21.1. The van der Waals surface area contributed by atoms with Crippen LogP contribution >= 0.6 is 23.2 Å². The number of pyridine rings is 1. The summed E-state index contributed by atoms with van der Waals surface area (Å²) in [6.07, 6.45) is 7.02. The fourth-order valence-corrected chi connectivity index (χ4v) is 3.10. The molecule has 152 valence electrons. The highest BCUT2D eigenvalue weighted by Crippen LogP contribution is 2.26. The highest BCUT2D eigenvalue weighted by molar-refractivity contribution is 6.42. The largest absolute Gasteiger partial charge is 0.494 e. The first-order chi connectivity index (χ1) is 14.1. The number of aromatic nitrogens is 1. The SMILES string of the molecule is O=c1c(NCCCCCCOc2ccc(Cl)c(Cl)c2)c(Nc2ccncc2)c1=O. The van der Waals surface area contributed by atoms with Gasteiger partial charge >= 0.3 is 0 Å². The number of anilines is 3. The van der Waals surface area contributed by atoms with Crippen molar-refractivity contribution in [3.05, 3.63) is 73.2 Å². The standard InChI is InChI=1S/C21H21Cl2N3O3/c22-16-6-5-15(13-17(16)23)29-12-4-2-1-3-9-25-18-19(21(28)20(18)27)26-14-7-10-24-11-8-14/h5-8,10-11,13,25H,1-4,9,12H2,(H,24,26). The second-order valence-corrected chi connectivity index (χ2v) is 7.35. The van der Waals surface area contributed by atoms with Crippen molar-refractivity contribution in [2.24, 2.45) is 0 Å². The van der Waals surface area contributed by atoms with E-state index >= 15 is 0 Å². The van der Waals surface area contributed by atoms with E-state index in [2.05, 4.69) is 15.6 Å². The Morgan fingerprint density at radius 2 is 1.59 bits per heavy atom. The van der Waals surface area contributed by atoms with Gasteiger partial charge in [0.05, 0.1) is 16.7 Å². The van der Waals surface area contributed by atoms with Gasteiger partial charge in [-0.05, 0) is 37.1 Å². The number of unbranched alkanes of at least 4 members (excludes halogenated alkanes) is 3. The van der Waals surface area contributed by atoms with Crippen LogP contribution in [0.3, 0.4) is 0 Å². The molecule has 0 saturated heterocycles. The molecule has 3 aromatic rings. The number of halogens is 2. The third kappa shape index (κ3) is 5.71. The summed E-state index contributed by atoms with van der Waals surface area (Å²) in [5.74, 6) is 0.704. The van der Waals surface area contributed by atoms with Gasteiger partial charge in [-0.15, -0.1) is 0 Å². The van der Waals surface area contributed by atoms with Gasteiger partial charge < -0.3 is 15.4 Å². The topological polar surface area (TPSA) is 80.3 Å². The van der Waals surface area contributed by atoms with Crippen LogP contribution in [0.15, 0.2) is 52.3 Å². The summed E-state index contributed by atoms with van der Waals surface area (Å²) < 4.78 is 5.65. The van der Waals surface area contributed by atoms with E-state index in [0.717, 1.165) is 31.4 Å². The average Bonchev–Trinajstić information content (AvgIpc) is 2.74. The van der Waals surface area contributed by atoms with Crippen LogP contribution in [0, 0.1) is 0 Å². The summed E-state index contributed by atoms with van der Waals surface area (Å²) in [7, 11) is 0. The van der Waals surface area contributed by atoms with Crippen molar-refractivity contribution in [3.63, 3.8) is 0 Å². The quantitative estimate of drug-likeness (QED) is 0.334. The zero-order chi connectivity index (χ0) is 20.6. The molecule has 8 heteroatoms. The zero-order valence-corrected chi connectivity index (χ0v) is 17.2. The van der Waals surface area contributed by atoms with Crippen LogP contribution in [-0.4, -0.2) is 18.1 Å². The van der Waals surface area contributed by atoms with Gasteiger partial charge in [-0.3, -0.25) is 14.6 Å². The number of hydrogen-bond donors (Lipinski definition) is 2. The highest BCUT2D eigenvalue weighted by atomic mass is 35.5. The number of nitrogens with one attached hydrogen (secondary N) is 2. The maximum Gasteiger partial charge on any atom is 0.253 e. The first-order valence-corrected chi connectivity index (χ1v) is 10.1. The van der Waals surface area contributed by atoms with E-state index in [1.165, 1.54) is 0 Å². The molecule has 0 saturated carbocycles. The molecule has 0 radical (unpaired) electrons. The third-order valence-electron chi connectivity index (χ3n) is 4.39. The number of rotatable bonds is 11. The van der Waals surface area contributed by atoms with Gasteiger partial charge in [-0.1, -0.05) is 36.0 Å². The summed E-state index contributed by atoms with van der Waals surface area (Å²) in [5, 5.41) is 7.03. The molecule has 0 bridgehead atoms. The van der Waals surface area contributed by atoms with E-state index in [0.29, 0.717) is 40.3 Å². The molecule has 0 atom stereocenters. The van der Waals surface area contributed by atoms with Crippen LogP contribution in [0.2, 0.25) is 10.0 Å². The van der Waals surface area contributed by atoms with E-state index < -0.39 is 10.9 Å². The van der Waals surface area contributed by atoms with Crippen molar-refractivity contribution in [1.82, 2.24) is 4.98 Å². The number of benzene rings is 1. The smallest absolute Gasteiger partial charge is 0.253 e. The van der Waals surface area contributed by atoms with Crippen molar-refractivity contribution in [2.75, 3.05) is 23.8 Å². The van der Waals surface area contributed by atoms with E-state index in [9.17, 15) is 9.59 Å². The van der Waals surface area contributed by atoms with Gasteiger partial charge in [0.2, 0.25) is 0 Å². The highest BCUT2D eigenvalue weighted by Gasteiger charge is 2.20. The van der Waals surface area contributed by atoms with Gasteiger partial charge in [-0.2, -0.15) is 0 Å². The maximum absolute atomic E-state index is 11.8. The number of nitrogens with zero attached hydrogens (tertiary/aromatic N) is 1. The molecule has 0 spiro atoms. The monoisotopic (exact) mass is 433 g/mol. The van der Waals surface area contributed by atoms with Crippen molar-refractivity contribution in [3.8, 4) is 5.75 Å². The minimum atomic E-state index is -0.497. The predicted molar refractivity (Wildman–Crippen MR) is 118 cm³/mol. The Morgan fingerprint density at radius 1 is 0.862 bits per heavy atom. The van der Waals surface area contributed by atoms with E-state index in [-0.39, 0.29) is 0 Å². The second kappa shape index (κ2) is 10.3. The number of ether oxygens (including phenoxy) is 1. The summed E-state index contributed by atoms with van der Waals surface area (Å²) in [5.41, 5.74) is 0.420. The van der Waals surface area contributed by atoms with Gasteiger partial charge in [0.25, 0.3) is 10.9 Å². The lowest BCUT2D eigenvalue weighted by atomic mass is 10.1. The molecular formula is C21H21Cl2N3O3.